The van der Waals surface area contributed by atoms with E-state index in [1.165, 1.54) is 11.7 Å². The molecule has 0 spiro atoms. The molecule has 1 aromatic heterocycles. The van der Waals surface area contributed by atoms with E-state index >= 15 is 0 Å². The average Bonchev–Trinajstić information content (AvgIpc) is 2.93. The first kappa shape index (κ1) is 23.1. The summed E-state index contributed by atoms with van der Waals surface area (Å²) in [6, 6.07) is 7.77. The molecule has 2 aromatic carbocycles. The number of hydrogen-bond donors (Lipinski definition) is 1. The zero-order valence-corrected chi connectivity index (χ0v) is 18.8. The van der Waals surface area contributed by atoms with Crippen molar-refractivity contribution in [1.82, 2.24) is 9.29 Å². The number of ether oxygens (including phenoxy) is 1. The van der Waals surface area contributed by atoms with Crippen LogP contribution in [-0.4, -0.2) is 32.3 Å². The number of nitrogens with one attached hydrogen (secondary N) is 1. The molecule has 0 bridgehead atoms. The first-order chi connectivity index (χ1) is 14.3. The number of fused-ring (bicyclic) bond motifs is 1. The molecule has 0 saturated carbocycles. The zero-order valence-electron chi connectivity index (χ0n) is 18.0. The van der Waals surface area contributed by atoms with E-state index in [0.29, 0.717) is 33.5 Å². The van der Waals surface area contributed by atoms with E-state index in [4.69, 9.17) is 4.74 Å². The van der Waals surface area contributed by atoms with Crippen LogP contribution in [-0.2, 0) is 16.6 Å². The van der Waals surface area contributed by atoms with Crippen molar-refractivity contribution >= 4 is 20.9 Å². The lowest BCUT2D eigenvalue weighted by molar-refractivity contribution is -0.154. The minimum atomic E-state index is -4.78. The quantitative estimate of drug-likeness (QED) is 0.583. The minimum absolute atomic E-state index is 0.119. The van der Waals surface area contributed by atoms with Crippen LogP contribution in [0.15, 0.2) is 41.3 Å². The number of nitrogens with zero attached hydrogens (tertiary/aromatic N) is 1. The Morgan fingerprint density at radius 1 is 1.03 bits per heavy atom. The van der Waals surface area contributed by atoms with Crippen LogP contribution in [0.4, 0.5) is 13.2 Å². The minimum Gasteiger partial charge on any atom is -0.497 e. The predicted octanol–water partition coefficient (Wildman–Crippen LogP) is 4.79. The Hall–Kier alpha value is -2.52. The van der Waals surface area contributed by atoms with Crippen LogP contribution in [0, 0.1) is 27.7 Å². The molecule has 5 nitrogen and oxygen atoms in total. The van der Waals surface area contributed by atoms with E-state index in [1.807, 2.05) is 4.72 Å². The summed E-state index contributed by atoms with van der Waals surface area (Å²) < 4.78 is 76.2. The van der Waals surface area contributed by atoms with Gasteiger partial charge >= 0.3 is 6.18 Å². The summed E-state index contributed by atoms with van der Waals surface area (Å²) in [5, 5.41) is 0.714. The summed E-state index contributed by atoms with van der Waals surface area (Å²) in [5.41, 5.74) is 2.79. The largest absolute Gasteiger partial charge is 0.497 e. The maximum Gasteiger partial charge on any atom is 0.406 e. The lowest BCUT2D eigenvalue weighted by Gasteiger charge is -2.24. The first-order valence-corrected chi connectivity index (χ1v) is 11.1. The molecule has 3 rings (SSSR count). The van der Waals surface area contributed by atoms with Gasteiger partial charge < -0.3 is 9.30 Å². The Bertz CT molecular complexity index is 1210. The number of halogens is 3. The van der Waals surface area contributed by atoms with E-state index in [-0.39, 0.29) is 4.90 Å². The first-order valence-electron chi connectivity index (χ1n) is 9.64. The van der Waals surface area contributed by atoms with Crippen LogP contribution >= 0.6 is 0 Å². The van der Waals surface area contributed by atoms with Gasteiger partial charge in [-0.05, 0) is 63.1 Å². The van der Waals surface area contributed by atoms with Gasteiger partial charge in [-0.3, -0.25) is 0 Å². The highest BCUT2D eigenvalue weighted by Crippen LogP contribution is 2.30. The molecular formula is C22H25F3N2O3S. The van der Waals surface area contributed by atoms with Crippen molar-refractivity contribution in [2.45, 2.75) is 51.4 Å². The molecule has 168 valence electrons. The third-order valence-corrected chi connectivity index (χ3v) is 7.02. The molecule has 0 aliphatic heterocycles. The van der Waals surface area contributed by atoms with Crippen molar-refractivity contribution in [2.75, 3.05) is 7.11 Å². The van der Waals surface area contributed by atoms with E-state index < -0.39 is 28.8 Å². The Morgan fingerprint density at radius 3 is 2.19 bits per heavy atom. The fraction of sp³-hybridized carbons (Fsp3) is 0.364. The molecule has 1 N–H and O–H groups in total. The number of benzene rings is 2. The SMILES string of the molecule is COc1ccc2c(c1)cc(C)n2CC(NS(=O)(=O)c1c(C)cc(C)cc1C)C(F)(F)F. The van der Waals surface area contributed by atoms with Crippen LogP contribution in [0.5, 0.6) is 5.75 Å². The van der Waals surface area contributed by atoms with Gasteiger partial charge in [-0.15, -0.1) is 0 Å². The normalized spacial score (nSPS) is 13.5. The number of methoxy groups -OCH3 is 1. The molecule has 31 heavy (non-hydrogen) atoms. The van der Waals surface area contributed by atoms with E-state index in [9.17, 15) is 21.6 Å². The molecule has 0 radical (unpaired) electrons. The fourth-order valence-corrected chi connectivity index (χ4v) is 5.65. The van der Waals surface area contributed by atoms with Crippen molar-refractivity contribution in [3.63, 3.8) is 0 Å². The van der Waals surface area contributed by atoms with E-state index in [0.717, 1.165) is 5.56 Å². The summed E-state index contributed by atoms with van der Waals surface area (Å²) in [6.07, 6.45) is -4.78. The van der Waals surface area contributed by atoms with Gasteiger partial charge in [0.05, 0.1) is 12.0 Å². The van der Waals surface area contributed by atoms with Crippen LogP contribution in [0.2, 0.25) is 0 Å². The number of aryl methyl sites for hydroxylation is 4. The molecule has 0 aliphatic rings. The van der Waals surface area contributed by atoms with Crippen LogP contribution in [0.3, 0.4) is 0 Å². The molecule has 1 atom stereocenters. The third-order valence-electron chi connectivity index (χ3n) is 5.25. The van der Waals surface area contributed by atoms with Gasteiger partial charge in [0.1, 0.15) is 11.8 Å². The highest BCUT2D eigenvalue weighted by molar-refractivity contribution is 7.89. The molecule has 0 saturated heterocycles. The molecule has 0 amide bonds. The van der Waals surface area contributed by atoms with Gasteiger partial charge in [0, 0.05) is 23.1 Å². The van der Waals surface area contributed by atoms with Crippen molar-refractivity contribution in [3.05, 3.63) is 58.8 Å². The van der Waals surface area contributed by atoms with Crippen LogP contribution in [0.1, 0.15) is 22.4 Å². The summed E-state index contributed by atoms with van der Waals surface area (Å²) >= 11 is 0. The second kappa shape index (κ2) is 8.20. The molecule has 1 unspecified atom stereocenters. The average molecular weight is 455 g/mol. The highest BCUT2D eigenvalue weighted by Gasteiger charge is 2.43. The zero-order chi connectivity index (χ0) is 23.1. The number of sulfonamides is 1. The predicted molar refractivity (Wildman–Crippen MR) is 114 cm³/mol. The van der Waals surface area contributed by atoms with Crippen LogP contribution in [0.25, 0.3) is 10.9 Å². The highest BCUT2D eigenvalue weighted by atomic mass is 32.2. The molecule has 9 heteroatoms. The summed E-state index contributed by atoms with van der Waals surface area (Å²) in [7, 11) is -2.90. The monoisotopic (exact) mass is 454 g/mol. The Kier molecular flexibility index (Phi) is 6.12. The van der Waals surface area contributed by atoms with E-state index in [2.05, 4.69) is 0 Å². The van der Waals surface area contributed by atoms with Crippen LogP contribution < -0.4 is 9.46 Å². The maximum atomic E-state index is 13.9. The van der Waals surface area contributed by atoms with Crippen molar-refractivity contribution in [3.8, 4) is 5.75 Å². The Labute approximate surface area is 179 Å². The smallest absolute Gasteiger partial charge is 0.406 e. The molecule has 0 aliphatic carbocycles. The van der Waals surface area contributed by atoms with Gasteiger partial charge in [0.2, 0.25) is 10.0 Å². The second-order valence-corrected chi connectivity index (χ2v) is 9.42. The number of rotatable bonds is 6. The molecule has 3 aromatic rings. The Balaban J connectivity index is 2.02. The second-order valence-electron chi connectivity index (χ2n) is 7.76. The molecule has 1 heterocycles. The van der Waals surface area contributed by atoms with Crippen molar-refractivity contribution in [1.29, 1.82) is 0 Å². The number of hydrogen-bond acceptors (Lipinski definition) is 3. The van der Waals surface area contributed by atoms with Gasteiger partial charge in [-0.2, -0.15) is 17.9 Å². The van der Waals surface area contributed by atoms with Gasteiger partial charge in [0.25, 0.3) is 0 Å². The van der Waals surface area contributed by atoms with Crippen molar-refractivity contribution in [2.24, 2.45) is 0 Å². The fourth-order valence-electron chi connectivity index (χ4n) is 3.98. The molecule has 0 fully saturated rings. The van der Waals surface area contributed by atoms with Gasteiger partial charge in [-0.25, -0.2) is 8.42 Å². The number of alkyl halides is 3. The van der Waals surface area contributed by atoms with Crippen molar-refractivity contribution < 1.29 is 26.3 Å². The topological polar surface area (TPSA) is 60.3 Å². The summed E-state index contributed by atoms with van der Waals surface area (Å²) in [6.45, 7) is 6.05. The lowest BCUT2D eigenvalue weighted by atomic mass is 10.1. The molecular weight excluding hydrogens is 429 g/mol. The number of aromatic nitrogens is 1. The van der Waals surface area contributed by atoms with E-state index in [1.54, 1.807) is 64.1 Å². The Morgan fingerprint density at radius 2 is 1.65 bits per heavy atom. The van der Waals surface area contributed by atoms with Gasteiger partial charge in [-0.1, -0.05) is 17.7 Å². The van der Waals surface area contributed by atoms with Gasteiger partial charge in [0.15, 0.2) is 0 Å². The third kappa shape index (κ3) is 4.72. The summed E-state index contributed by atoms with van der Waals surface area (Å²) in [5.74, 6) is 0.586. The summed E-state index contributed by atoms with van der Waals surface area (Å²) in [4.78, 5) is -0.119. The standard InChI is InChI=1S/C22H25F3N2O3S/c1-13-8-14(2)21(15(3)9-13)31(28,29)26-20(22(23,24)25)12-27-16(4)10-17-11-18(30-5)6-7-19(17)27/h6-11,20,26H,12H2,1-5H3. The lowest BCUT2D eigenvalue weighted by Crippen LogP contribution is -2.48. The maximum absolute atomic E-state index is 13.9.